The lowest BCUT2D eigenvalue weighted by Crippen LogP contribution is -1.91. The molecule has 0 saturated heterocycles. The fourth-order valence-corrected chi connectivity index (χ4v) is 1.97. The first kappa shape index (κ1) is 9.30. The Kier molecular flexibility index (Phi) is 2.31. The van der Waals surface area contributed by atoms with Crippen LogP contribution in [-0.2, 0) is 11.1 Å². The molecule has 72 valence electrons. The maximum atomic E-state index is 13.0. The molecule has 14 heavy (non-hydrogen) atoms. The zero-order valence-electron chi connectivity index (χ0n) is 7.11. The first-order valence-corrected chi connectivity index (χ1v) is 5.08. The number of hydrogen-bond donors (Lipinski definition) is 1. The molecule has 2 aromatic rings. The summed E-state index contributed by atoms with van der Waals surface area (Å²) in [6.45, 7) is 0. The van der Waals surface area contributed by atoms with Crippen LogP contribution in [0.5, 0.6) is 0 Å². The second-order valence-electron chi connectivity index (χ2n) is 2.87. The van der Waals surface area contributed by atoms with E-state index >= 15 is 0 Å². The molecule has 1 atom stereocenters. The first-order valence-electron chi connectivity index (χ1n) is 3.97. The molecule has 0 aliphatic heterocycles. The fraction of sp³-hybridized carbons (Fsp3) is 0. The Balaban J connectivity index is 2.87. The minimum Gasteiger partial charge on any atom is -0.302 e. The zero-order chi connectivity index (χ0) is 10.1. The third-order valence-corrected chi connectivity index (χ3v) is 2.69. The fourth-order valence-electron chi connectivity index (χ4n) is 1.38. The molecule has 2 aromatic carbocycles. The van der Waals surface area contributed by atoms with Gasteiger partial charge in [-0.25, -0.2) is 8.60 Å². The molecular weight excluding hydrogens is 203 g/mol. The highest BCUT2D eigenvalue weighted by atomic mass is 32.2. The molecule has 2 nitrogen and oxygen atoms in total. The Morgan fingerprint density at radius 3 is 2.64 bits per heavy atom. The molecule has 0 amide bonds. The molecule has 0 fully saturated rings. The summed E-state index contributed by atoms with van der Waals surface area (Å²) in [6, 6.07) is 9.32. The number of fused-ring (bicyclic) bond motifs is 1. The van der Waals surface area contributed by atoms with Crippen molar-refractivity contribution in [1.29, 1.82) is 0 Å². The van der Waals surface area contributed by atoms with E-state index < -0.39 is 16.9 Å². The van der Waals surface area contributed by atoms with Gasteiger partial charge in [-0.05, 0) is 17.5 Å². The lowest BCUT2D eigenvalue weighted by Gasteiger charge is -2.02. The van der Waals surface area contributed by atoms with Crippen molar-refractivity contribution in [2.24, 2.45) is 0 Å². The van der Waals surface area contributed by atoms with E-state index in [1.165, 1.54) is 6.07 Å². The molecule has 0 radical (unpaired) electrons. The van der Waals surface area contributed by atoms with Gasteiger partial charge < -0.3 is 4.55 Å². The van der Waals surface area contributed by atoms with E-state index in [0.717, 1.165) is 6.07 Å². The topological polar surface area (TPSA) is 37.3 Å². The number of halogens is 1. The van der Waals surface area contributed by atoms with Crippen LogP contribution in [0.1, 0.15) is 0 Å². The minimum atomic E-state index is -2.15. The molecule has 0 spiro atoms. The van der Waals surface area contributed by atoms with Gasteiger partial charge in [-0.2, -0.15) is 0 Å². The van der Waals surface area contributed by atoms with E-state index in [1.807, 2.05) is 0 Å². The second-order valence-corrected chi connectivity index (χ2v) is 3.81. The Bertz CT molecular complexity index is 510. The van der Waals surface area contributed by atoms with E-state index in [9.17, 15) is 8.60 Å². The second kappa shape index (κ2) is 3.48. The van der Waals surface area contributed by atoms with Crippen molar-refractivity contribution in [3.05, 3.63) is 42.2 Å². The van der Waals surface area contributed by atoms with Gasteiger partial charge in [0.15, 0.2) is 11.1 Å². The van der Waals surface area contributed by atoms with Crippen LogP contribution in [0.2, 0.25) is 0 Å². The smallest absolute Gasteiger partial charge is 0.187 e. The van der Waals surface area contributed by atoms with Crippen molar-refractivity contribution >= 4 is 21.9 Å². The van der Waals surface area contributed by atoms with Gasteiger partial charge in [0.2, 0.25) is 0 Å². The Labute approximate surface area is 82.7 Å². The molecule has 0 heterocycles. The van der Waals surface area contributed by atoms with E-state index in [4.69, 9.17) is 4.55 Å². The molecular formula is C10H7FO2S. The highest BCUT2D eigenvalue weighted by Crippen LogP contribution is 2.22. The summed E-state index contributed by atoms with van der Waals surface area (Å²) in [4.78, 5) is 0.112. The molecule has 0 aliphatic carbocycles. The molecule has 0 aromatic heterocycles. The zero-order valence-corrected chi connectivity index (χ0v) is 7.92. The summed E-state index contributed by atoms with van der Waals surface area (Å²) in [7, 11) is 0. The molecule has 0 bridgehead atoms. The quantitative estimate of drug-likeness (QED) is 0.734. The summed E-state index contributed by atoms with van der Waals surface area (Å²) < 4.78 is 32.9. The van der Waals surface area contributed by atoms with Gasteiger partial charge in [-0.1, -0.05) is 24.3 Å². The lowest BCUT2D eigenvalue weighted by atomic mass is 10.1. The van der Waals surface area contributed by atoms with Gasteiger partial charge in [0.1, 0.15) is 5.82 Å². The summed E-state index contributed by atoms with van der Waals surface area (Å²) in [5.41, 5.74) is 0. The molecule has 0 aliphatic rings. The summed E-state index contributed by atoms with van der Waals surface area (Å²) in [5.74, 6) is -0.499. The van der Waals surface area contributed by atoms with Crippen LogP contribution in [0.25, 0.3) is 10.8 Å². The van der Waals surface area contributed by atoms with Crippen LogP contribution in [-0.4, -0.2) is 8.76 Å². The van der Waals surface area contributed by atoms with Crippen molar-refractivity contribution in [3.63, 3.8) is 0 Å². The van der Waals surface area contributed by atoms with Crippen LogP contribution in [0, 0.1) is 5.82 Å². The van der Waals surface area contributed by atoms with Crippen LogP contribution in [0.15, 0.2) is 41.3 Å². The van der Waals surface area contributed by atoms with Gasteiger partial charge in [-0.3, -0.25) is 0 Å². The number of hydrogen-bond acceptors (Lipinski definition) is 1. The van der Waals surface area contributed by atoms with Gasteiger partial charge in [-0.15, -0.1) is 0 Å². The maximum absolute atomic E-state index is 13.0. The molecule has 0 saturated carbocycles. The third kappa shape index (κ3) is 1.54. The third-order valence-electron chi connectivity index (χ3n) is 1.98. The van der Waals surface area contributed by atoms with Crippen LogP contribution in [0.3, 0.4) is 0 Å². The van der Waals surface area contributed by atoms with Crippen LogP contribution in [0.4, 0.5) is 4.39 Å². The van der Waals surface area contributed by atoms with Crippen molar-refractivity contribution < 1.29 is 13.2 Å². The number of rotatable bonds is 1. The summed E-state index contributed by atoms with van der Waals surface area (Å²) >= 11 is -2.15. The normalized spacial score (nSPS) is 13.0. The first-order chi connectivity index (χ1) is 6.68. The maximum Gasteiger partial charge on any atom is 0.187 e. The summed E-state index contributed by atoms with van der Waals surface area (Å²) in [6.07, 6.45) is 0. The van der Waals surface area contributed by atoms with E-state index in [0.29, 0.717) is 10.8 Å². The largest absolute Gasteiger partial charge is 0.302 e. The van der Waals surface area contributed by atoms with Crippen molar-refractivity contribution in [2.75, 3.05) is 0 Å². The van der Waals surface area contributed by atoms with Gasteiger partial charge >= 0.3 is 0 Å². The Hall–Kier alpha value is -1.26. The number of benzene rings is 2. The predicted octanol–water partition coefficient (Wildman–Crippen LogP) is 2.56. The monoisotopic (exact) mass is 210 g/mol. The predicted molar refractivity (Wildman–Crippen MR) is 52.9 cm³/mol. The lowest BCUT2D eigenvalue weighted by molar-refractivity contribution is 0.563. The molecule has 4 heteroatoms. The summed E-state index contributed by atoms with van der Waals surface area (Å²) in [5, 5.41) is 1.24. The van der Waals surface area contributed by atoms with Gasteiger partial charge in [0, 0.05) is 5.39 Å². The van der Waals surface area contributed by atoms with E-state index in [2.05, 4.69) is 0 Å². The highest BCUT2D eigenvalue weighted by molar-refractivity contribution is 7.79. The molecule has 1 N–H and O–H groups in total. The molecule has 2 rings (SSSR count). The van der Waals surface area contributed by atoms with Crippen LogP contribution < -0.4 is 0 Å². The van der Waals surface area contributed by atoms with E-state index in [-0.39, 0.29) is 4.90 Å². The van der Waals surface area contributed by atoms with Gasteiger partial charge in [0.05, 0.1) is 4.90 Å². The SMILES string of the molecule is O=S(O)c1cc(F)cc2ccccc12. The van der Waals surface area contributed by atoms with Crippen molar-refractivity contribution in [2.45, 2.75) is 4.90 Å². The van der Waals surface area contributed by atoms with Crippen LogP contribution >= 0.6 is 0 Å². The van der Waals surface area contributed by atoms with Crippen molar-refractivity contribution in [3.8, 4) is 0 Å². The van der Waals surface area contributed by atoms with Crippen molar-refractivity contribution in [1.82, 2.24) is 0 Å². The molecule has 1 unspecified atom stereocenters. The van der Waals surface area contributed by atoms with E-state index in [1.54, 1.807) is 24.3 Å². The highest BCUT2D eigenvalue weighted by Gasteiger charge is 2.07. The Morgan fingerprint density at radius 2 is 1.93 bits per heavy atom. The average molecular weight is 210 g/mol. The minimum absolute atomic E-state index is 0.112. The average Bonchev–Trinajstić information content (AvgIpc) is 2.16. The Morgan fingerprint density at radius 1 is 1.21 bits per heavy atom. The standard InChI is InChI=1S/C10H7FO2S/c11-8-5-7-3-1-2-4-9(7)10(6-8)14(12)13/h1-6H,(H,12,13). The van der Waals surface area contributed by atoms with Gasteiger partial charge in [0.25, 0.3) is 0 Å².